The maximum Gasteiger partial charge on any atom is 0.165 e. The largest absolute Gasteiger partial charge is 0.451 e. The number of ether oxygens (including phenoxy) is 1. The lowest BCUT2D eigenvalue weighted by atomic mass is 9.96. The minimum atomic E-state index is -0.354. The third-order valence-corrected chi connectivity index (χ3v) is 3.59. The van der Waals surface area contributed by atoms with Gasteiger partial charge in [-0.15, -0.1) is 0 Å². The Bertz CT molecular complexity index is 547. The number of hydrogen-bond acceptors (Lipinski definition) is 2. The van der Waals surface area contributed by atoms with Crippen LogP contribution in [0.25, 0.3) is 0 Å². The van der Waals surface area contributed by atoms with E-state index >= 15 is 0 Å². The molecule has 0 atom stereocenters. The molecule has 3 rings (SSSR count). The van der Waals surface area contributed by atoms with Gasteiger partial charge < -0.3 is 4.74 Å². The van der Waals surface area contributed by atoms with E-state index in [1.807, 2.05) is 10.9 Å². The summed E-state index contributed by atoms with van der Waals surface area (Å²) in [6, 6.07) is 6.87. The molecule has 0 amide bonds. The van der Waals surface area contributed by atoms with Gasteiger partial charge in [-0.05, 0) is 25.0 Å². The lowest BCUT2D eigenvalue weighted by molar-refractivity contribution is 0.328. The highest BCUT2D eigenvalue weighted by Crippen LogP contribution is 2.30. The van der Waals surface area contributed by atoms with Crippen LogP contribution in [0.3, 0.4) is 0 Å². The van der Waals surface area contributed by atoms with Crippen LogP contribution in [0.1, 0.15) is 38.1 Å². The second-order valence-corrected chi connectivity index (χ2v) is 4.98. The molecule has 0 aliphatic heterocycles. The summed E-state index contributed by atoms with van der Waals surface area (Å²) < 4.78 is 21.0. The predicted octanol–water partition coefficient (Wildman–Crippen LogP) is 4.32. The lowest BCUT2D eigenvalue weighted by Gasteiger charge is -2.21. The van der Waals surface area contributed by atoms with Crippen molar-refractivity contribution in [3.05, 3.63) is 42.5 Å². The fourth-order valence-electron chi connectivity index (χ4n) is 2.57. The summed E-state index contributed by atoms with van der Waals surface area (Å²) in [5, 5.41) is 4.33. The number of aromatic nitrogens is 2. The van der Waals surface area contributed by atoms with Crippen LogP contribution >= 0.6 is 0 Å². The van der Waals surface area contributed by atoms with Crippen molar-refractivity contribution in [3.63, 3.8) is 0 Å². The van der Waals surface area contributed by atoms with Crippen LogP contribution in [-0.2, 0) is 0 Å². The molecule has 1 aliphatic rings. The van der Waals surface area contributed by atoms with Crippen molar-refractivity contribution in [3.8, 4) is 11.5 Å². The molecule has 1 aromatic carbocycles. The van der Waals surface area contributed by atoms with E-state index in [0.717, 1.165) is 0 Å². The van der Waals surface area contributed by atoms with Crippen molar-refractivity contribution in [1.29, 1.82) is 0 Å². The zero-order valence-corrected chi connectivity index (χ0v) is 10.8. The number of halogens is 1. The Balaban J connectivity index is 1.73. The first kappa shape index (κ1) is 12.2. The topological polar surface area (TPSA) is 27.1 Å². The second kappa shape index (κ2) is 5.43. The molecule has 0 unspecified atom stereocenters. The van der Waals surface area contributed by atoms with Gasteiger partial charge in [0.05, 0.1) is 18.4 Å². The number of nitrogens with zero attached hydrogens (tertiary/aromatic N) is 2. The van der Waals surface area contributed by atoms with Crippen molar-refractivity contribution < 1.29 is 9.13 Å². The minimum Gasteiger partial charge on any atom is -0.451 e. The molecule has 0 spiro atoms. The van der Waals surface area contributed by atoms with Gasteiger partial charge in [0.1, 0.15) is 0 Å². The van der Waals surface area contributed by atoms with Crippen LogP contribution in [0.15, 0.2) is 36.7 Å². The molecule has 0 bridgehead atoms. The van der Waals surface area contributed by atoms with Gasteiger partial charge >= 0.3 is 0 Å². The molecular weight excluding hydrogens is 243 g/mol. The van der Waals surface area contributed by atoms with E-state index in [0.29, 0.717) is 11.8 Å². The Morgan fingerprint density at radius 2 is 1.95 bits per heavy atom. The van der Waals surface area contributed by atoms with Crippen molar-refractivity contribution in [1.82, 2.24) is 9.78 Å². The summed E-state index contributed by atoms with van der Waals surface area (Å²) in [6.07, 6.45) is 9.68. The van der Waals surface area contributed by atoms with E-state index in [-0.39, 0.29) is 11.6 Å². The van der Waals surface area contributed by atoms with Crippen molar-refractivity contribution in [2.45, 2.75) is 38.1 Å². The average Bonchev–Trinajstić information content (AvgIpc) is 2.91. The predicted molar refractivity (Wildman–Crippen MR) is 70.8 cm³/mol. The molecule has 1 fully saturated rings. The Labute approximate surface area is 112 Å². The van der Waals surface area contributed by atoms with E-state index < -0.39 is 0 Å². The van der Waals surface area contributed by atoms with Crippen LogP contribution in [0, 0.1) is 5.82 Å². The van der Waals surface area contributed by atoms with Crippen LogP contribution in [0.5, 0.6) is 11.5 Å². The molecule has 1 saturated carbocycles. The van der Waals surface area contributed by atoms with E-state index in [1.54, 1.807) is 24.4 Å². The molecule has 1 heterocycles. The molecule has 1 aromatic heterocycles. The van der Waals surface area contributed by atoms with Crippen LogP contribution in [-0.4, -0.2) is 9.78 Å². The zero-order chi connectivity index (χ0) is 13.1. The molecule has 19 heavy (non-hydrogen) atoms. The lowest BCUT2D eigenvalue weighted by Crippen LogP contribution is -2.12. The number of para-hydroxylation sites is 1. The number of hydrogen-bond donors (Lipinski definition) is 0. The van der Waals surface area contributed by atoms with E-state index in [9.17, 15) is 4.39 Å². The summed E-state index contributed by atoms with van der Waals surface area (Å²) in [5.74, 6) is 0.481. The Morgan fingerprint density at radius 3 is 2.74 bits per heavy atom. The highest BCUT2D eigenvalue weighted by atomic mass is 19.1. The summed E-state index contributed by atoms with van der Waals surface area (Å²) in [4.78, 5) is 0. The Hall–Kier alpha value is -1.84. The zero-order valence-electron chi connectivity index (χ0n) is 10.8. The normalized spacial score (nSPS) is 16.5. The summed E-state index contributed by atoms with van der Waals surface area (Å²) in [7, 11) is 0. The smallest absolute Gasteiger partial charge is 0.165 e. The highest BCUT2D eigenvalue weighted by molar-refractivity contribution is 5.29. The standard InChI is InChI=1S/C15H17FN2O/c16-14-8-4-5-9-15(14)19-13-10-17-18(11-13)12-6-2-1-3-7-12/h4-5,8-12H,1-3,6-7H2. The molecule has 4 heteroatoms. The van der Waals surface area contributed by atoms with E-state index in [2.05, 4.69) is 5.10 Å². The van der Waals surface area contributed by atoms with Gasteiger partial charge in [-0.3, -0.25) is 4.68 Å². The third-order valence-electron chi connectivity index (χ3n) is 3.59. The van der Waals surface area contributed by atoms with E-state index in [1.165, 1.54) is 38.2 Å². The minimum absolute atomic E-state index is 0.241. The van der Waals surface area contributed by atoms with Crippen molar-refractivity contribution in [2.75, 3.05) is 0 Å². The fourth-order valence-corrected chi connectivity index (χ4v) is 2.57. The molecule has 3 nitrogen and oxygen atoms in total. The molecular formula is C15H17FN2O. The maximum atomic E-state index is 13.5. The molecule has 0 N–H and O–H groups in total. The quantitative estimate of drug-likeness (QED) is 0.821. The fraction of sp³-hybridized carbons (Fsp3) is 0.400. The first-order valence-corrected chi connectivity index (χ1v) is 6.79. The Kier molecular flexibility index (Phi) is 3.49. The van der Waals surface area contributed by atoms with Gasteiger partial charge in [-0.1, -0.05) is 31.4 Å². The Morgan fingerprint density at radius 1 is 1.16 bits per heavy atom. The molecule has 2 aromatic rings. The van der Waals surface area contributed by atoms with Crippen molar-refractivity contribution in [2.24, 2.45) is 0 Å². The van der Waals surface area contributed by atoms with Crippen LogP contribution in [0.4, 0.5) is 4.39 Å². The summed E-state index contributed by atoms with van der Waals surface area (Å²) in [6.45, 7) is 0. The van der Waals surface area contributed by atoms with Gasteiger partial charge in [0.2, 0.25) is 0 Å². The summed E-state index contributed by atoms with van der Waals surface area (Å²) in [5.41, 5.74) is 0. The van der Waals surface area contributed by atoms with Gasteiger partial charge in [0, 0.05) is 0 Å². The maximum absolute atomic E-state index is 13.5. The molecule has 0 saturated heterocycles. The average molecular weight is 260 g/mol. The van der Waals surface area contributed by atoms with Gasteiger partial charge in [-0.25, -0.2) is 4.39 Å². The molecule has 100 valence electrons. The first-order valence-electron chi connectivity index (χ1n) is 6.79. The van der Waals surface area contributed by atoms with Gasteiger partial charge in [0.15, 0.2) is 17.3 Å². The van der Waals surface area contributed by atoms with Gasteiger partial charge in [0.25, 0.3) is 0 Å². The first-order chi connectivity index (χ1) is 9.33. The summed E-state index contributed by atoms with van der Waals surface area (Å²) >= 11 is 0. The van der Waals surface area contributed by atoms with Crippen molar-refractivity contribution >= 4 is 0 Å². The second-order valence-electron chi connectivity index (χ2n) is 4.98. The highest BCUT2D eigenvalue weighted by Gasteiger charge is 2.16. The SMILES string of the molecule is Fc1ccccc1Oc1cnn(C2CCCCC2)c1. The van der Waals surface area contributed by atoms with Crippen LogP contribution in [0.2, 0.25) is 0 Å². The molecule has 1 aliphatic carbocycles. The number of benzene rings is 1. The monoisotopic (exact) mass is 260 g/mol. The van der Waals surface area contributed by atoms with Gasteiger partial charge in [-0.2, -0.15) is 5.10 Å². The number of rotatable bonds is 3. The molecule has 0 radical (unpaired) electrons. The third kappa shape index (κ3) is 2.78. The van der Waals surface area contributed by atoms with Crippen LogP contribution < -0.4 is 4.74 Å². The van der Waals surface area contributed by atoms with E-state index in [4.69, 9.17) is 4.74 Å².